The Morgan fingerprint density at radius 1 is 1.12 bits per heavy atom. The molecule has 1 aromatic heterocycles. The lowest BCUT2D eigenvalue weighted by Crippen LogP contribution is -2.11. The molecule has 0 saturated carbocycles. The molecule has 0 radical (unpaired) electrons. The number of benzene rings is 2. The second-order valence-electron chi connectivity index (χ2n) is 5.33. The number of anilines is 1. The number of amides is 1. The molecule has 0 saturated heterocycles. The van der Waals surface area contributed by atoms with Crippen LogP contribution in [0.4, 0.5) is 14.5 Å². The Morgan fingerprint density at radius 2 is 1.96 bits per heavy atom. The summed E-state index contributed by atoms with van der Waals surface area (Å²) < 4.78 is 32.6. The smallest absolute Gasteiger partial charge is 0.265 e. The summed E-state index contributed by atoms with van der Waals surface area (Å²) in [5, 5.41) is 2.42. The van der Waals surface area contributed by atoms with Gasteiger partial charge in [-0.25, -0.2) is 8.78 Å². The van der Waals surface area contributed by atoms with E-state index in [4.69, 9.17) is 4.74 Å². The summed E-state index contributed by atoms with van der Waals surface area (Å²) in [6.07, 6.45) is 0. The van der Waals surface area contributed by atoms with Gasteiger partial charge < -0.3 is 10.1 Å². The number of hydrogen-bond acceptors (Lipinski definition) is 3. The number of carbonyl (C=O) groups is 1. The third-order valence-corrected chi connectivity index (χ3v) is 4.93. The van der Waals surface area contributed by atoms with E-state index in [0.29, 0.717) is 11.5 Å². The average molecular weight is 343 g/mol. The highest BCUT2D eigenvalue weighted by molar-refractivity contribution is 7.17. The van der Waals surface area contributed by atoms with Crippen LogP contribution in [0, 0.1) is 11.6 Å². The van der Waals surface area contributed by atoms with E-state index in [1.54, 1.807) is 6.07 Å². The van der Waals surface area contributed by atoms with Crippen LogP contribution >= 0.6 is 11.3 Å². The van der Waals surface area contributed by atoms with Gasteiger partial charge in [-0.3, -0.25) is 4.79 Å². The van der Waals surface area contributed by atoms with Crippen molar-refractivity contribution >= 4 is 22.9 Å². The van der Waals surface area contributed by atoms with Gasteiger partial charge in [0, 0.05) is 22.1 Å². The van der Waals surface area contributed by atoms with Gasteiger partial charge >= 0.3 is 0 Å². The Morgan fingerprint density at radius 3 is 2.83 bits per heavy atom. The predicted octanol–water partition coefficient (Wildman–Crippen LogP) is 4.84. The molecule has 1 N–H and O–H groups in total. The molecule has 0 bridgehead atoms. The first kappa shape index (κ1) is 14.8. The van der Waals surface area contributed by atoms with Crippen LogP contribution in [0.1, 0.15) is 15.2 Å². The number of fused-ring (bicyclic) bond motifs is 3. The Kier molecular flexibility index (Phi) is 3.54. The van der Waals surface area contributed by atoms with Crippen molar-refractivity contribution in [1.29, 1.82) is 0 Å². The molecular formula is C18H11F2NO2S. The fraction of sp³-hybridized carbons (Fsp3) is 0.0556. The summed E-state index contributed by atoms with van der Waals surface area (Å²) in [4.78, 5) is 13.8. The highest BCUT2D eigenvalue weighted by Gasteiger charge is 2.22. The van der Waals surface area contributed by atoms with Gasteiger partial charge in [-0.05, 0) is 30.3 Å². The molecule has 4 rings (SSSR count). The molecule has 0 unspecified atom stereocenters. The number of nitrogens with one attached hydrogen (secondary N) is 1. The van der Waals surface area contributed by atoms with E-state index in [-0.39, 0.29) is 5.69 Å². The largest absolute Gasteiger partial charge is 0.488 e. The summed E-state index contributed by atoms with van der Waals surface area (Å²) in [5.74, 6) is -0.995. The molecule has 0 atom stereocenters. The van der Waals surface area contributed by atoms with Gasteiger partial charge in [0.2, 0.25) is 0 Å². The van der Waals surface area contributed by atoms with Gasteiger partial charge in [-0.1, -0.05) is 12.1 Å². The van der Waals surface area contributed by atoms with Gasteiger partial charge in [-0.15, -0.1) is 11.3 Å². The molecule has 2 aromatic carbocycles. The van der Waals surface area contributed by atoms with Crippen molar-refractivity contribution in [2.24, 2.45) is 0 Å². The van der Waals surface area contributed by atoms with Crippen molar-refractivity contribution in [2.75, 3.05) is 5.32 Å². The molecule has 1 amide bonds. The predicted molar refractivity (Wildman–Crippen MR) is 88.4 cm³/mol. The van der Waals surface area contributed by atoms with Crippen molar-refractivity contribution in [3.63, 3.8) is 0 Å². The van der Waals surface area contributed by atoms with Crippen LogP contribution < -0.4 is 10.1 Å². The summed E-state index contributed by atoms with van der Waals surface area (Å²) in [6.45, 7) is 0.379. The zero-order chi connectivity index (χ0) is 16.7. The molecule has 1 aliphatic rings. The van der Waals surface area contributed by atoms with Crippen LogP contribution in [0.3, 0.4) is 0 Å². The molecule has 6 heteroatoms. The average Bonchev–Trinajstić information content (AvgIpc) is 3.03. The zero-order valence-electron chi connectivity index (χ0n) is 12.3. The van der Waals surface area contributed by atoms with Gasteiger partial charge in [0.1, 0.15) is 24.0 Å². The van der Waals surface area contributed by atoms with E-state index in [2.05, 4.69) is 5.32 Å². The van der Waals surface area contributed by atoms with Crippen LogP contribution in [-0.4, -0.2) is 5.91 Å². The van der Waals surface area contributed by atoms with Gasteiger partial charge in [0.05, 0.1) is 10.6 Å². The number of hydrogen-bond donors (Lipinski definition) is 1. The van der Waals surface area contributed by atoms with Gasteiger partial charge in [0.15, 0.2) is 0 Å². The van der Waals surface area contributed by atoms with E-state index in [9.17, 15) is 13.6 Å². The maximum atomic E-state index is 13.7. The second-order valence-corrected chi connectivity index (χ2v) is 6.38. The molecule has 24 heavy (non-hydrogen) atoms. The Balaban J connectivity index is 1.66. The zero-order valence-corrected chi connectivity index (χ0v) is 13.1. The molecule has 0 aliphatic carbocycles. The molecule has 3 nitrogen and oxygen atoms in total. The topological polar surface area (TPSA) is 38.3 Å². The first-order valence-electron chi connectivity index (χ1n) is 7.23. The minimum atomic E-state index is -0.681. The first-order valence-corrected chi connectivity index (χ1v) is 8.05. The van der Waals surface area contributed by atoms with Crippen molar-refractivity contribution in [2.45, 2.75) is 6.61 Å². The fourth-order valence-electron chi connectivity index (χ4n) is 2.59. The van der Waals surface area contributed by atoms with E-state index in [1.165, 1.54) is 11.3 Å². The lowest BCUT2D eigenvalue weighted by molar-refractivity contribution is 0.103. The lowest BCUT2D eigenvalue weighted by atomic mass is 10.1. The SMILES string of the molecule is O=C(Nc1cc(F)ccc1F)c1cc2c(s1)-c1ccccc1OC2. The third-order valence-electron chi connectivity index (χ3n) is 3.72. The number of carbonyl (C=O) groups excluding carboxylic acids is 1. The van der Waals surface area contributed by atoms with Gasteiger partial charge in [-0.2, -0.15) is 0 Å². The summed E-state index contributed by atoms with van der Waals surface area (Å²) in [5.41, 5.74) is 1.66. The number of thiophene rings is 1. The van der Waals surface area contributed by atoms with E-state index >= 15 is 0 Å². The molecule has 0 spiro atoms. The number of rotatable bonds is 2. The second kappa shape index (κ2) is 5.72. The molecule has 3 aromatic rings. The lowest BCUT2D eigenvalue weighted by Gasteiger charge is -2.16. The Bertz CT molecular complexity index is 952. The fourth-order valence-corrected chi connectivity index (χ4v) is 3.68. The minimum absolute atomic E-state index is 0.178. The number of halogens is 2. The van der Waals surface area contributed by atoms with Crippen LogP contribution in [0.25, 0.3) is 10.4 Å². The number of para-hydroxylation sites is 1. The molecule has 2 heterocycles. The molecular weight excluding hydrogens is 332 g/mol. The van der Waals surface area contributed by atoms with Crippen LogP contribution in [0.2, 0.25) is 0 Å². The standard InChI is InChI=1S/C18H11F2NO2S/c19-11-5-6-13(20)14(8-11)21-18(22)16-7-10-9-23-15-4-2-1-3-12(15)17(10)24-16/h1-8H,9H2,(H,21,22). The molecule has 120 valence electrons. The van der Waals surface area contributed by atoms with E-state index < -0.39 is 17.5 Å². The Hall–Kier alpha value is -2.73. The Labute approximate surface area is 140 Å². The van der Waals surface area contributed by atoms with Crippen molar-refractivity contribution in [1.82, 2.24) is 0 Å². The van der Waals surface area contributed by atoms with Gasteiger partial charge in [0.25, 0.3) is 5.91 Å². The van der Waals surface area contributed by atoms with Crippen LogP contribution in [0.5, 0.6) is 5.75 Å². The maximum Gasteiger partial charge on any atom is 0.265 e. The van der Waals surface area contributed by atoms with Crippen LogP contribution in [-0.2, 0) is 6.61 Å². The third kappa shape index (κ3) is 2.55. The van der Waals surface area contributed by atoms with Crippen LogP contribution in [0.15, 0.2) is 48.5 Å². The number of ether oxygens (including phenoxy) is 1. The van der Waals surface area contributed by atoms with Crippen molar-refractivity contribution in [3.8, 4) is 16.2 Å². The molecule has 1 aliphatic heterocycles. The van der Waals surface area contributed by atoms with Crippen molar-refractivity contribution < 1.29 is 18.3 Å². The van der Waals surface area contributed by atoms with E-state index in [0.717, 1.165) is 40.0 Å². The summed E-state index contributed by atoms with van der Waals surface area (Å²) >= 11 is 1.31. The summed E-state index contributed by atoms with van der Waals surface area (Å²) in [6, 6.07) is 12.3. The highest BCUT2D eigenvalue weighted by atomic mass is 32.1. The molecule has 0 fully saturated rings. The quantitative estimate of drug-likeness (QED) is 0.723. The monoisotopic (exact) mass is 343 g/mol. The first-order chi connectivity index (χ1) is 11.6. The van der Waals surface area contributed by atoms with Crippen molar-refractivity contribution in [3.05, 3.63) is 70.6 Å². The maximum absolute atomic E-state index is 13.7. The van der Waals surface area contributed by atoms with E-state index in [1.807, 2.05) is 24.3 Å². The highest BCUT2D eigenvalue weighted by Crippen LogP contribution is 2.42. The minimum Gasteiger partial charge on any atom is -0.488 e. The normalized spacial score (nSPS) is 12.1. The summed E-state index contributed by atoms with van der Waals surface area (Å²) in [7, 11) is 0.